The molecule has 0 radical (unpaired) electrons. The Morgan fingerprint density at radius 2 is 1.02 bits per heavy atom. The van der Waals surface area contributed by atoms with Gasteiger partial charge in [0.25, 0.3) is 6.71 Å². The zero-order valence-electron chi connectivity index (χ0n) is 23.1. The molecule has 0 bridgehead atoms. The molecule has 0 unspecified atom stereocenters. The van der Waals surface area contributed by atoms with Gasteiger partial charge >= 0.3 is 0 Å². The van der Waals surface area contributed by atoms with Gasteiger partial charge in [-0.05, 0) is 155 Å². The van der Waals surface area contributed by atoms with E-state index in [-0.39, 0.29) is 6.71 Å². The average molecular weight is 524 g/mol. The highest BCUT2D eigenvalue weighted by Crippen LogP contribution is 2.48. The van der Waals surface area contributed by atoms with Gasteiger partial charge in [0.05, 0.1) is 0 Å². The van der Waals surface area contributed by atoms with Crippen LogP contribution in [0.3, 0.4) is 0 Å². The monoisotopic (exact) mass is 524 g/mol. The van der Waals surface area contributed by atoms with Crippen LogP contribution in [0.5, 0.6) is 0 Å². The van der Waals surface area contributed by atoms with Crippen molar-refractivity contribution in [2.24, 2.45) is 0 Å². The molecule has 0 aromatic heterocycles. The fraction of sp³-hybridized carbons (Fsp3) is 0.211. The van der Waals surface area contributed by atoms with E-state index in [1.165, 1.54) is 135 Å². The first-order chi connectivity index (χ1) is 20.3. The number of benzene rings is 5. The Morgan fingerprint density at radius 3 is 1.66 bits per heavy atom. The van der Waals surface area contributed by atoms with Crippen molar-refractivity contribution in [1.29, 1.82) is 0 Å². The second-order valence-electron chi connectivity index (χ2n) is 13.0. The quantitative estimate of drug-likeness (QED) is 0.250. The molecule has 0 saturated carbocycles. The Kier molecular flexibility index (Phi) is 3.85. The van der Waals surface area contributed by atoms with Gasteiger partial charge in [-0.1, -0.05) is 36.4 Å². The summed E-state index contributed by atoms with van der Waals surface area (Å²) >= 11 is 0. The summed E-state index contributed by atoms with van der Waals surface area (Å²) in [6, 6.07) is 31.6. The van der Waals surface area contributed by atoms with E-state index in [9.17, 15) is 0 Å². The maximum Gasteiger partial charge on any atom is 0.252 e. The van der Waals surface area contributed by atoms with Gasteiger partial charge in [0.2, 0.25) is 0 Å². The van der Waals surface area contributed by atoms with Crippen LogP contribution in [0.15, 0.2) is 78.9 Å². The minimum absolute atomic E-state index is 0.258. The summed E-state index contributed by atoms with van der Waals surface area (Å²) in [5.74, 6) is 0. The smallest absolute Gasteiger partial charge is 0.252 e. The van der Waals surface area contributed by atoms with Crippen LogP contribution in [0.2, 0.25) is 0 Å². The first-order valence-electron chi connectivity index (χ1n) is 15.6. The van der Waals surface area contributed by atoms with Gasteiger partial charge in [0.15, 0.2) is 0 Å². The molecular formula is C38H29BN2. The van der Waals surface area contributed by atoms with E-state index in [1.54, 1.807) is 11.1 Å². The summed E-state index contributed by atoms with van der Waals surface area (Å²) in [6.07, 6.45) is 9.65. The van der Waals surface area contributed by atoms with Crippen LogP contribution in [0, 0.1) is 0 Å². The van der Waals surface area contributed by atoms with Crippen LogP contribution < -0.4 is 26.2 Å². The third-order valence-corrected chi connectivity index (χ3v) is 11.2. The third kappa shape index (κ3) is 2.62. The Balaban J connectivity index is 1.23. The normalized spacial score (nSPS) is 17.3. The topological polar surface area (TPSA) is 6.48 Å². The van der Waals surface area contributed by atoms with E-state index >= 15 is 0 Å². The number of hydrogen-bond acceptors (Lipinski definition) is 2. The number of rotatable bonds is 2. The van der Waals surface area contributed by atoms with Crippen LogP contribution in [-0.4, -0.2) is 6.71 Å². The highest BCUT2D eigenvalue weighted by atomic mass is 15.2. The van der Waals surface area contributed by atoms with Crippen LogP contribution in [0.25, 0.3) is 0 Å². The lowest BCUT2D eigenvalue weighted by atomic mass is 9.33. The van der Waals surface area contributed by atoms with Gasteiger partial charge < -0.3 is 9.80 Å². The number of anilines is 6. The van der Waals surface area contributed by atoms with Gasteiger partial charge in [-0.25, -0.2) is 0 Å². The predicted octanol–water partition coefficient (Wildman–Crippen LogP) is 6.16. The van der Waals surface area contributed by atoms with Gasteiger partial charge in [-0.3, -0.25) is 0 Å². The summed E-state index contributed by atoms with van der Waals surface area (Å²) in [4.78, 5) is 5.24. The van der Waals surface area contributed by atoms with Crippen LogP contribution in [0.1, 0.15) is 44.5 Å². The van der Waals surface area contributed by atoms with Crippen molar-refractivity contribution in [2.75, 3.05) is 9.80 Å². The van der Waals surface area contributed by atoms with Gasteiger partial charge in [0, 0.05) is 34.1 Å². The van der Waals surface area contributed by atoms with E-state index in [4.69, 9.17) is 0 Å². The van der Waals surface area contributed by atoms with E-state index in [0.717, 1.165) is 0 Å². The number of nitrogens with zero attached hydrogens (tertiary/aromatic N) is 2. The summed E-state index contributed by atoms with van der Waals surface area (Å²) in [5.41, 5.74) is 24.9. The highest BCUT2D eigenvalue weighted by molar-refractivity contribution is 7.00. The molecule has 0 N–H and O–H groups in total. The fourth-order valence-electron chi connectivity index (χ4n) is 8.61. The average Bonchev–Trinajstić information content (AvgIpc) is 2.92. The molecule has 3 heteroatoms. The van der Waals surface area contributed by atoms with Crippen LogP contribution in [-0.2, 0) is 51.4 Å². The molecule has 5 aromatic carbocycles. The lowest BCUT2D eigenvalue weighted by Gasteiger charge is -2.46. The lowest BCUT2D eigenvalue weighted by Crippen LogP contribution is -2.62. The number of fused-ring (bicyclic) bond motifs is 9. The van der Waals surface area contributed by atoms with Gasteiger partial charge in [-0.15, -0.1) is 0 Å². The van der Waals surface area contributed by atoms with Crippen molar-refractivity contribution in [2.45, 2.75) is 51.4 Å². The molecular weight excluding hydrogens is 495 g/mol. The summed E-state index contributed by atoms with van der Waals surface area (Å²) in [5, 5.41) is 0. The third-order valence-electron chi connectivity index (χ3n) is 11.2. The predicted molar refractivity (Wildman–Crippen MR) is 170 cm³/mol. The molecule has 0 fully saturated rings. The lowest BCUT2D eigenvalue weighted by molar-refractivity contribution is 0.833. The largest absolute Gasteiger partial charge is 0.311 e. The molecule has 0 amide bonds. The molecule has 0 saturated heterocycles. The first-order valence-corrected chi connectivity index (χ1v) is 15.6. The fourth-order valence-corrected chi connectivity index (χ4v) is 8.61. The van der Waals surface area contributed by atoms with E-state index in [2.05, 4.69) is 88.7 Å². The van der Waals surface area contributed by atoms with E-state index < -0.39 is 0 Å². The number of aryl methyl sites for hydroxylation is 7. The molecule has 11 rings (SSSR count). The molecule has 41 heavy (non-hydrogen) atoms. The first kappa shape index (κ1) is 21.5. The van der Waals surface area contributed by atoms with Gasteiger partial charge in [0.1, 0.15) is 0 Å². The van der Waals surface area contributed by atoms with Crippen LogP contribution >= 0.6 is 0 Å². The Bertz CT molecular complexity index is 2040. The minimum Gasteiger partial charge on any atom is -0.311 e. The Hall–Kier alpha value is -4.24. The SMILES string of the molecule is c1cc2c3c(c1)N(c1ccc4c(c1)CC4)c1c(ccc4c1CC4)B3c1cc3c(cc1N2c1ccc2c(c1)CC2)CC3. The number of hydrogen-bond donors (Lipinski definition) is 0. The maximum absolute atomic E-state index is 2.64. The summed E-state index contributed by atoms with van der Waals surface area (Å²) < 4.78 is 0. The van der Waals surface area contributed by atoms with Crippen molar-refractivity contribution < 1.29 is 0 Å². The summed E-state index contributed by atoms with van der Waals surface area (Å²) in [6.45, 7) is 0.258. The van der Waals surface area contributed by atoms with Crippen molar-refractivity contribution in [3.05, 3.63) is 123 Å². The molecule has 5 aromatic rings. The zero-order chi connectivity index (χ0) is 26.4. The van der Waals surface area contributed by atoms with E-state index in [0.29, 0.717) is 0 Å². The molecule has 2 aliphatic heterocycles. The zero-order valence-corrected chi connectivity index (χ0v) is 23.1. The van der Waals surface area contributed by atoms with Crippen molar-refractivity contribution in [1.82, 2.24) is 0 Å². The van der Waals surface area contributed by atoms with Crippen LogP contribution in [0.4, 0.5) is 34.1 Å². The molecule has 6 aliphatic rings. The molecule has 0 atom stereocenters. The Labute approximate surface area is 241 Å². The minimum atomic E-state index is 0.258. The highest BCUT2D eigenvalue weighted by Gasteiger charge is 2.45. The second kappa shape index (κ2) is 7.34. The van der Waals surface area contributed by atoms with Gasteiger partial charge in [-0.2, -0.15) is 0 Å². The standard InChI is InChI=1S/C38H29BN2/c1-2-34-37-35(3-1)41(30-15-11-23-5-7-26(23)19-30)38-31-16-12-24(31)13-17-32(38)39(37)33-20-27-8-9-28(27)21-36(33)40(34)29-14-10-22-4-6-25(22)18-29/h1-3,10-11,13-15,17-21H,4-9,12,16H2. The Morgan fingerprint density at radius 1 is 0.439 bits per heavy atom. The van der Waals surface area contributed by atoms with Crippen molar-refractivity contribution in [3.8, 4) is 0 Å². The molecule has 194 valence electrons. The molecule has 2 nitrogen and oxygen atoms in total. The molecule has 2 heterocycles. The van der Waals surface area contributed by atoms with Crippen molar-refractivity contribution >= 4 is 57.2 Å². The maximum atomic E-state index is 2.64. The van der Waals surface area contributed by atoms with Crippen molar-refractivity contribution in [3.63, 3.8) is 0 Å². The van der Waals surface area contributed by atoms with E-state index in [1.807, 2.05) is 0 Å². The second-order valence-corrected chi connectivity index (χ2v) is 13.0. The molecule has 4 aliphatic carbocycles. The summed E-state index contributed by atoms with van der Waals surface area (Å²) in [7, 11) is 0. The molecule has 0 spiro atoms.